The Hall–Kier alpha value is -0.505. The standard InChI is InChI=1S/C4H9BO3/c1-4(8,2-5)3(6)7/h8H,2,5H2,1H3,(H,6,7)/t4-/m0/s1. The van der Waals surface area contributed by atoms with Crippen LogP contribution < -0.4 is 0 Å². The average Bonchev–Trinajstić information content (AvgIpc) is 1.67. The third kappa shape index (κ3) is 1.54. The minimum Gasteiger partial charge on any atom is -0.479 e. The number of aliphatic carboxylic acids is 1. The normalized spacial score (nSPS) is 17.2. The van der Waals surface area contributed by atoms with Crippen LogP contribution in [-0.4, -0.2) is 29.6 Å². The molecule has 0 aromatic carbocycles. The molecule has 0 aliphatic heterocycles. The van der Waals surface area contributed by atoms with Crippen LogP contribution in [0, 0.1) is 0 Å². The molecule has 0 bridgehead atoms. The predicted molar refractivity (Wildman–Crippen MR) is 31.6 cm³/mol. The number of hydrogen-bond acceptors (Lipinski definition) is 2. The Bertz CT molecular complexity index is 99.5. The summed E-state index contributed by atoms with van der Waals surface area (Å²) in [5.41, 5.74) is -1.54. The molecule has 2 N–H and O–H groups in total. The molecule has 0 radical (unpaired) electrons. The predicted octanol–water partition coefficient (Wildman–Crippen LogP) is -1.13. The first-order valence-electron chi connectivity index (χ1n) is 2.46. The molecule has 4 heteroatoms. The molecule has 0 aliphatic carbocycles. The van der Waals surface area contributed by atoms with E-state index in [9.17, 15) is 4.79 Å². The zero-order chi connectivity index (χ0) is 6.78. The van der Waals surface area contributed by atoms with Crippen LogP contribution in [-0.2, 0) is 4.79 Å². The lowest BCUT2D eigenvalue weighted by atomic mass is 9.89. The van der Waals surface area contributed by atoms with Gasteiger partial charge in [0, 0.05) is 0 Å². The molecule has 8 heavy (non-hydrogen) atoms. The van der Waals surface area contributed by atoms with E-state index in [1.807, 2.05) is 0 Å². The Morgan fingerprint density at radius 2 is 2.25 bits per heavy atom. The maximum Gasteiger partial charge on any atom is 0.334 e. The minimum atomic E-state index is -1.54. The monoisotopic (exact) mass is 116 g/mol. The van der Waals surface area contributed by atoms with Gasteiger partial charge in [-0.3, -0.25) is 0 Å². The Labute approximate surface area is 48.7 Å². The molecule has 0 saturated heterocycles. The molecule has 0 amide bonds. The lowest BCUT2D eigenvalue weighted by Crippen LogP contribution is -2.33. The van der Waals surface area contributed by atoms with Gasteiger partial charge in [0.25, 0.3) is 0 Å². The van der Waals surface area contributed by atoms with E-state index in [4.69, 9.17) is 10.2 Å². The molecule has 0 aromatic heterocycles. The molecule has 46 valence electrons. The molecule has 0 fully saturated rings. The molecular formula is C4H9BO3. The number of carbonyl (C=O) groups is 1. The van der Waals surface area contributed by atoms with Gasteiger partial charge in [-0.15, -0.1) is 0 Å². The minimum absolute atomic E-state index is 0.238. The molecule has 0 rings (SSSR count). The summed E-state index contributed by atoms with van der Waals surface area (Å²) in [5.74, 6) is -1.17. The summed E-state index contributed by atoms with van der Waals surface area (Å²) in [6, 6.07) is 0. The largest absolute Gasteiger partial charge is 0.479 e. The molecule has 0 saturated carbocycles. The van der Waals surface area contributed by atoms with E-state index < -0.39 is 11.6 Å². The molecule has 0 aliphatic rings. The topological polar surface area (TPSA) is 57.5 Å². The molecule has 0 unspecified atom stereocenters. The van der Waals surface area contributed by atoms with Gasteiger partial charge in [-0.1, -0.05) is 0 Å². The summed E-state index contributed by atoms with van der Waals surface area (Å²) in [4.78, 5) is 10.0. The van der Waals surface area contributed by atoms with Gasteiger partial charge in [-0.2, -0.15) is 0 Å². The molecule has 0 aromatic rings. The Kier molecular flexibility index (Phi) is 2.04. The van der Waals surface area contributed by atoms with Crippen LogP contribution in [0.5, 0.6) is 0 Å². The summed E-state index contributed by atoms with van der Waals surface area (Å²) in [7, 11) is 1.62. The maximum atomic E-state index is 10.0. The molecule has 1 atom stereocenters. The highest BCUT2D eigenvalue weighted by atomic mass is 16.4. The number of aliphatic hydroxyl groups is 1. The maximum absolute atomic E-state index is 10.0. The summed E-state index contributed by atoms with van der Waals surface area (Å²) >= 11 is 0. The van der Waals surface area contributed by atoms with Gasteiger partial charge in [-0.25, -0.2) is 4.79 Å². The third-order valence-electron chi connectivity index (χ3n) is 1.15. The van der Waals surface area contributed by atoms with Crippen molar-refractivity contribution in [1.82, 2.24) is 0 Å². The van der Waals surface area contributed by atoms with Crippen LogP contribution in [0.15, 0.2) is 0 Å². The SMILES string of the molecule is BC[C@](C)(O)C(=O)O. The number of carboxylic acids is 1. The zero-order valence-electron chi connectivity index (χ0n) is 5.01. The fraction of sp³-hybridized carbons (Fsp3) is 0.750. The van der Waals surface area contributed by atoms with Crippen molar-refractivity contribution < 1.29 is 15.0 Å². The quantitative estimate of drug-likeness (QED) is 0.449. The van der Waals surface area contributed by atoms with E-state index in [0.717, 1.165) is 0 Å². The van der Waals surface area contributed by atoms with Gasteiger partial charge in [0.1, 0.15) is 7.85 Å². The van der Waals surface area contributed by atoms with E-state index in [1.54, 1.807) is 7.85 Å². The number of hydrogen-bond donors (Lipinski definition) is 2. The van der Waals surface area contributed by atoms with Crippen molar-refractivity contribution in [2.75, 3.05) is 0 Å². The average molecular weight is 116 g/mol. The summed E-state index contributed by atoms with van der Waals surface area (Å²) in [5, 5.41) is 17.0. The molecule has 0 heterocycles. The second-order valence-corrected chi connectivity index (χ2v) is 1.93. The van der Waals surface area contributed by atoms with Crippen molar-refractivity contribution in [3.63, 3.8) is 0 Å². The second kappa shape index (κ2) is 2.18. The van der Waals surface area contributed by atoms with E-state index in [2.05, 4.69) is 0 Å². The lowest BCUT2D eigenvalue weighted by Gasteiger charge is -2.13. The van der Waals surface area contributed by atoms with E-state index >= 15 is 0 Å². The molecule has 0 spiro atoms. The first kappa shape index (κ1) is 7.49. The van der Waals surface area contributed by atoms with Crippen molar-refractivity contribution in [2.24, 2.45) is 0 Å². The van der Waals surface area contributed by atoms with Crippen LogP contribution in [0.2, 0.25) is 6.32 Å². The van der Waals surface area contributed by atoms with Crippen LogP contribution >= 0.6 is 0 Å². The summed E-state index contributed by atoms with van der Waals surface area (Å²) in [6.07, 6.45) is 0.238. The fourth-order valence-electron chi connectivity index (χ4n) is 0.151. The van der Waals surface area contributed by atoms with E-state index in [1.165, 1.54) is 6.92 Å². The van der Waals surface area contributed by atoms with Gasteiger partial charge >= 0.3 is 5.97 Å². The molecule has 3 nitrogen and oxygen atoms in total. The van der Waals surface area contributed by atoms with Gasteiger partial charge in [0.15, 0.2) is 5.60 Å². The van der Waals surface area contributed by atoms with Crippen molar-refractivity contribution in [3.8, 4) is 0 Å². The Balaban J connectivity index is 3.91. The van der Waals surface area contributed by atoms with Gasteiger partial charge in [-0.05, 0) is 13.2 Å². The van der Waals surface area contributed by atoms with Crippen molar-refractivity contribution in [1.29, 1.82) is 0 Å². The lowest BCUT2D eigenvalue weighted by molar-refractivity contribution is -0.154. The number of carboxylic acid groups (broad SMARTS) is 1. The molecular weight excluding hydrogens is 107 g/mol. The first-order chi connectivity index (χ1) is 3.50. The smallest absolute Gasteiger partial charge is 0.334 e. The first-order valence-corrected chi connectivity index (χ1v) is 2.46. The summed E-state index contributed by atoms with van der Waals surface area (Å²) < 4.78 is 0. The van der Waals surface area contributed by atoms with Crippen LogP contribution in [0.25, 0.3) is 0 Å². The van der Waals surface area contributed by atoms with Crippen molar-refractivity contribution in [3.05, 3.63) is 0 Å². The second-order valence-electron chi connectivity index (χ2n) is 1.93. The Morgan fingerprint density at radius 3 is 2.25 bits per heavy atom. The summed E-state index contributed by atoms with van der Waals surface area (Å²) in [6.45, 7) is 1.27. The van der Waals surface area contributed by atoms with Crippen LogP contribution in [0.1, 0.15) is 6.92 Å². The highest BCUT2D eigenvalue weighted by Gasteiger charge is 2.26. The van der Waals surface area contributed by atoms with Crippen molar-refractivity contribution in [2.45, 2.75) is 18.8 Å². The third-order valence-corrected chi connectivity index (χ3v) is 1.15. The van der Waals surface area contributed by atoms with Crippen molar-refractivity contribution >= 4 is 13.8 Å². The van der Waals surface area contributed by atoms with Gasteiger partial charge < -0.3 is 10.2 Å². The highest BCUT2D eigenvalue weighted by molar-refractivity contribution is 6.11. The van der Waals surface area contributed by atoms with Crippen LogP contribution in [0.4, 0.5) is 0 Å². The van der Waals surface area contributed by atoms with E-state index in [0.29, 0.717) is 0 Å². The number of rotatable bonds is 2. The van der Waals surface area contributed by atoms with Gasteiger partial charge in [0.2, 0.25) is 0 Å². The highest BCUT2D eigenvalue weighted by Crippen LogP contribution is 2.05. The van der Waals surface area contributed by atoms with Crippen LogP contribution in [0.3, 0.4) is 0 Å². The van der Waals surface area contributed by atoms with Gasteiger partial charge in [0.05, 0.1) is 0 Å². The van der Waals surface area contributed by atoms with E-state index in [-0.39, 0.29) is 6.32 Å². The zero-order valence-corrected chi connectivity index (χ0v) is 5.01. The fourth-order valence-corrected chi connectivity index (χ4v) is 0.151. The Morgan fingerprint density at radius 1 is 1.88 bits per heavy atom.